The third-order valence-corrected chi connectivity index (χ3v) is 5.95. The van der Waals surface area contributed by atoms with E-state index in [1.807, 2.05) is 4.72 Å². The van der Waals surface area contributed by atoms with Crippen LogP contribution in [0.3, 0.4) is 0 Å². The van der Waals surface area contributed by atoms with Crippen LogP contribution in [0.25, 0.3) is 4.72 Å². The molecular formula is C14H9N2NaO6S2. The van der Waals surface area contributed by atoms with Crippen LogP contribution < -0.4 is 34.3 Å². The molecule has 2 aliphatic rings. The second-order valence-corrected chi connectivity index (χ2v) is 8.02. The molecule has 1 N–H and O–H groups in total. The van der Waals surface area contributed by atoms with Crippen LogP contribution in [0.1, 0.15) is 20.7 Å². The number of nitrogens with zero attached hydrogens (tertiary/aromatic N) is 1. The molecule has 2 amide bonds. The molecule has 8 nitrogen and oxygen atoms in total. The topological polar surface area (TPSA) is 129 Å². The van der Waals surface area contributed by atoms with E-state index in [-0.39, 0.29) is 50.5 Å². The first-order valence-corrected chi connectivity index (χ1v) is 9.42. The summed E-state index contributed by atoms with van der Waals surface area (Å²) >= 11 is 0. The van der Waals surface area contributed by atoms with Crippen molar-refractivity contribution < 1.29 is 56.0 Å². The number of amides is 2. The number of sulfonamides is 2. The van der Waals surface area contributed by atoms with Gasteiger partial charge in [0.2, 0.25) is 0 Å². The minimum absolute atomic E-state index is 0. The Labute approximate surface area is 166 Å². The van der Waals surface area contributed by atoms with Crippen LogP contribution in [-0.2, 0) is 20.0 Å². The van der Waals surface area contributed by atoms with Crippen molar-refractivity contribution in [1.29, 1.82) is 0 Å². The van der Waals surface area contributed by atoms with E-state index in [1.54, 1.807) is 24.3 Å². The summed E-state index contributed by atoms with van der Waals surface area (Å²) in [5.41, 5.74) is 0.384. The van der Waals surface area contributed by atoms with Crippen LogP contribution in [0.15, 0.2) is 58.3 Å². The summed E-state index contributed by atoms with van der Waals surface area (Å²) < 4.78 is 49.3. The normalized spacial score (nSPS) is 17.8. The minimum atomic E-state index is -3.68. The average molecular weight is 388 g/mol. The van der Waals surface area contributed by atoms with E-state index >= 15 is 0 Å². The average Bonchev–Trinajstić information content (AvgIpc) is 2.91. The number of carbonyl (C=O) groups is 2. The number of carbonyl (C=O) groups excluding carboxylic acids is 2. The second-order valence-electron chi connectivity index (χ2n) is 4.80. The van der Waals surface area contributed by atoms with Crippen molar-refractivity contribution in [1.82, 2.24) is 4.72 Å². The molecule has 0 aromatic heterocycles. The molecule has 0 saturated carbocycles. The van der Waals surface area contributed by atoms with Crippen LogP contribution in [-0.4, -0.2) is 28.6 Å². The number of hydrogen-bond donors (Lipinski definition) is 1. The van der Waals surface area contributed by atoms with Crippen molar-refractivity contribution in [2.24, 2.45) is 0 Å². The molecule has 0 saturated heterocycles. The Kier molecular flexibility index (Phi) is 5.40. The molecule has 2 aliphatic heterocycles. The molecule has 2 aromatic rings. The molecule has 4 rings (SSSR count). The maximum atomic E-state index is 11.1. The maximum absolute atomic E-state index is 11.1. The molecule has 124 valence electrons. The first-order chi connectivity index (χ1) is 11.2. The monoisotopic (exact) mass is 388 g/mol. The Morgan fingerprint density at radius 3 is 1.84 bits per heavy atom. The van der Waals surface area contributed by atoms with E-state index in [4.69, 9.17) is 0 Å². The van der Waals surface area contributed by atoms with Gasteiger partial charge in [-0.2, -0.15) is 0 Å². The van der Waals surface area contributed by atoms with Gasteiger partial charge in [0.25, 0.3) is 15.9 Å². The fourth-order valence-corrected chi connectivity index (χ4v) is 4.47. The second kappa shape index (κ2) is 6.89. The van der Waals surface area contributed by atoms with Crippen molar-refractivity contribution in [2.75, 3.05) is 0 Å². The van der Waals surface area contributed by atoms with E-state index < -0.39 is 31.9 Å². The molecule has 0 atom stereocenters. The minimum Gasteiger partial charge on any atom is -0.537 e. The summed E-state index contributed by atoms with van der Waals surface area (Å²) in [5, 5.41) is 0. The quantitative estimate of drug-likeness (QED) is 0.521. The molecule has 25 heavy (non-hydrogen) atoms. The van der Waals surface area contributed by atoms with E-state index in [0.29, 0.717) is 0 Å². The van der Waals surface area contributed by atoms with Crippen LogP contribution >= 0.6 is 0 Å². The van der Waals surface area contributed by atoms with Crippen LogP contribution in [0.5, 0.6) is 0 Å². The number of nitrogens with one attached hydrogen (secondary N) is 1. The molecule has 0 aliphatic carbocycles. The first-order valence-electron chi connectivity index (χ1n) is 6.50. The van der Waals surface area contributed by atoms with Crippen molar-refractivity contribution in [3.8, 4) is 0 Å². The van der Waals surface area contributed by atoms with Gasteiger partial charge >= 0.3 is 29.6 Å². The molecule has 0 spiro atoms. The SMILES string of the molecule is O=C1NS(=O)(=O)c2ccccc21.O=C1[N-]S(=O)(=O)c2ccccc21.[Na+]. The van der Waals surface area contributed by atoms with E-state index in [9.17, 15) is 26.4 Å². The Morgan fingerprint density at radius 1 is 0.760 bits per heavy atom. The summed E-state index contributed by atoms with van der Waals surface area (Å²) in [6.45, 7) is 0. The van der Waals surface area contributed by atoms with Gasteiger partial charge in [0.1, 0.15) is 14.9 Å². The molecular weight excluding hydrogens is 379 g/mol. The van der Waals surface area contributed by atoms with Crippen LogP contribution in [0.2, 0.25) is 0 Å². The number of rotatable bonds is 0. The van der Waals surface area contributed by atoms with Gasteiger partial charge < -0.3 is 9.52 Å². The van der Waals surface area contributed by atoms with Crippen molar-refractivity contribution in [3.63, 3.8) is 0 Å². The number of benzene rings is 2. The summed E-state index contributed by atoms with van der Waals surface area (Å²) in [6.07, 6.45) is 0. The fourth-order valence-electron chi connectivity index (χ4n) is 2.20. The zero-order chi connectivity index (χ0) is 17.5. The smallest absolute Gasteiger partial charge is 0.537 e. The molecule has 0 bridgehead atoms. The van der Waals surface area contributed by atoms with Gasteiger partial charge in [0, 0.05) is 5.56 Å². The first kappa shape index (κ1) is 19.6. The Morgan fingerprint density at radius 2 is 1.28 bits per heavy atom. The van der Waals surface area contributed by atoms with E-state index in [1.165, 1.54) is 24.3 Å². The van der Waals surface area contributed by atoms with Crippen LogP contribution in [0.4, 0.5) is 0 Å². The van der Waals surface area contributed by atoms with Gasteiger partial charge in [-0.15, -0.1) is 0 Å². The number of fused-ring (bicyclic) bond motifs is 2. The molecule has 11 heteroatoms. The summed E-state index contributed by atoms with van der Waals surface area (Å²) in [5.74, 6) is -1.23. The molecule has 0 unspecified atom stereocenters. The van der Waals surface area contributed by atoms with E-state index in [2.05, 4.69) is 4.72 Å². The largest absolute Gasteiger partial charge is 1.00 e. The predicted molar refractivity (Wildman–Crippen MR) is 82.4 cm³/mol. The van der Waals surface area contributed by atoms with Gasteiger partial charge in [-0.3, -0.25) is 4.79 Å². The summed E-state index contributed by atoms with van der Waals surface area (Å²) in [4.78, 5) is 22.0. The Balaban J connectivity index is 0.000000173. The van der Waals surface area contributed by atoms with Gasteiger partial charge in [-0.1, -0.05) is 30.3 Å². The number of hydrogen-bond acceptors (Lipinski definition) is 6. The predicted octanol–water partition coefficient (Wildman–Crippen LogP) is -1.97. The Bertz CT molecular complexity index is 993. The third kappa shape index (κ3) is 3.62. The molecule has 0 fully saturated rings. The summed E-state index contributed by atoms with van der Waals surface area (Å²) in [6, 6.07) is 12.1. The van der Waals surface area contributed by atoms with E-state index in [0.717, 1.165) is 0 Å². The Hall–Kier alpha value is -1.72. The van der Waals surface area contributed by atoms with Gasteiger partial charge in [-0.05, 0) is 18.2 Å². The van der Waals surface area contributed by atoms with Crippen molar-refractivity contribution >= 4 is 31.9 Å². The third-order valence-electron chi connectivity index (χ3n) is 3.25. The van der Waals surface area contributed by atoms with Crippen molar-refractivity contribution in [3.05, 3.63) is 64.4 Å². The maximum Gasteiger partial charge on any atom is 1.00 e. The van der Waals surface area contributed by atoms with Crippen molar-refractivity contribution in [2.45, 2.75) is 9.79 Å². The van der Waals surface area contributed by atoms with Gasteiger partial charge in [0.05, 0.1) is 16.4 Å². The zero-order valence-electron chi connectivity index (χ0n) is 12.8. The van der Waals surface area contributed by atoms with Crippen LogP contribution in [0, 0.1) is 0 Å². The molecule has 2 heterocycles. The molecule has 2 aromatic carbocycles. The summed E-state index contributed by atoms with van der Waals surface area (Å²) in [7, 11) is -7.23. The standard InChI is InChI=1S/2C7H5NO3S.Na/c2*9-7-5-3-1-2-4-6(5)12(10,11)8-7;/h2*1-4H,(H,8,9);/q;;+1/p-1. The van der Waals surface area contributed by atoms with Gasteiger partial charge in [0.15, 0.2) is 0 Å². The zero-order valence-corrected chi connectivity index (χ0v) is 16.5. The fraction of sp³-hybridized carbons (Fsp3) is 0. The van der Waals surface area contributed by atoms with Gasteiger partial charge in [-0.25, -0.2) is 21.6 Å². The molecule has 0 radical (unpaired) electrons.